The zero-order valence-electron chi connectivity index (χ0n) is 13.4. The molecule has 128 valence electrons. The summed E-state index contributed by atoms with van der Waals surface area (Å²) < 4.78 is 12.9. The van der Waals surface area contributed by atoms with Gasteiger partial charge in [-0.2, -0.15) is 0 Å². The fraction of sp³-hybridized carbons (Fsp3) is 0.353. The summed E-state index contributed by atoms with van der Waals surface area (Å²) in [6.45, 7) is 2.16. The van der Waals surface area contributed by atoms with E-state index in [0.717, 1.165) is 22.7 Å². The molecule has 1 atom stereocenters. The number of halogens is 1. The molecule has 1 aromatic heterocycles. The van der Waals surface area contributed by atoms with Crippen molar-refractivity contribution in [2.45, 2.75) is 26.2 Å². The number of carbonyl (C=O) groups is 2. The van der Waals surface area contributed by atoms with Gasteiger partial charge in [0.05, 0.1) is 23.0 Å². The zero-order chi connectivity index (χ0) is 17.5. The Kier molecular flexibility index (Phi) is 6.43. The topological polar surface area (TPSA) is 85.1 Å². The Hall–Kier alpha value is -2.28. The summed E-state index contributed by atoms with van der Waals surface area (Å²) in [5.41, 5.74) is 6.92. The standard InChI is InChI=1S/C17H20FN3O2S/c1-2-16-21-14(10-24-16)8-15(22)20-9-12(17(19)23)7-11-3-5-13(18)6-4-11/h3-6,10,12H,2,7-9H2,1H3,(H2,19,23)(H,20,22)/t12-/m0/s1. The first-order valence-corrected chi connectivity index (χ1v) is 8.59. The predicted molar refractivity (Wildman–Crippen MR) is 91.0 cm³/mol. The van der Waals surface area contributed by atoms with Crippen molar-refractivity contribution >= 4 is 23.2 Å². The monoisotopic (exact) mass is 349 g/mol. The highest BCUT2D eigenvalue weighted by atomic mass is 32.1. The van der Waals surface area contributed by atoms with E-state index < -0.39 is 11.8 Å². The molecule has 1 aromatic carbocycles. The minimum atomic E-state index is -0.541. The van der Waals surface area contributed by atoms with E-state index in [0.29, 0.717) is 6.42 Å². The Morgan fingerprint density at radius 3 is 2.62 bits per heavy atom. The van der Waals surface area contributed by atoms with Crippen LogP contribution in [0.5, 0.6) is 0 Å². The van der Waals surface area contributed by atoms with Crippen molar-refractivity contribution in [2.75, 3.05) is 6.54 Å². The van der Waals surface area contributed by atoms with Crippen LogP contribution in [-0.4, -0.2) is 23.3 Å². The Morgan fingerprint density at radius 1 is 1.33 bits per heavy atom. The Morgan fingerprint density at radius 2 is 2.04 bits per heavy atom. The van der Waals surface area contributed by atoms with Crippen LogP contribution < -0.4 is 11.1 Å². The van der Waals surface area contributed by atoms with Crippen molar-refractivity contribution < 1.29 is 14.0 Å². The number of benzene rings is 1. The van der Waals surface area contributed by atoms with Crippen LogP contribution in [-0.2, 0) is 28.9 Å². The van der Waals surface area contributed by atoms with E-state index in [1.54, 1.807) is 12.1 Å². The second-order valence-corrected chi connectivity index (χ2v) is 6.44. The number of hydrogen-bond donors (Lipinski definition) is 2. The molecule has 0 bridgehead atoms. The van der Waals surface area contributed by atoms with Crippen molar-refractivity contribution in [1.29, 1.82) is 0 Å². The average molecular weight is 349 g/mol. The maximum Gasteiger partial charge on any atom is 0.226 e. The first-order chi connectivity index (χ1) is 11.5. The number of nitrogens with two attached hydrogens (primary N) is 1. The number of aromatic nitrogens is 1. The molecule has 7 heteroatoms. The molecule has 3 N–H and O–H groups in total. The lowest BCUT2D eigenvalue weighted by Gasteiger charge is -2.14. The fourth-order valence-corrected chi connectivity index (χ4v) is 2.98. The van der Waals surface area contributed by atoms with Gasteiger partial charge in [0.15, 0.2) is 0 Å². The Labute approximate surface area is 144 Å². The molecule has 2 amide bonds. The van der Waals surface area contributed by atoms with Crippen LogP contribution in [0.3, 0.4) is 0 Å². The highest BCUT2D eigenvalue weighted by Gasteiger charge is 2.17. The van der Waals surface area contributed by atoms with Gasteiger partial charge in [-0.05, 0) is 30.5 Å². The summed E-state index contributed by atoms with van der Waals surface area (Å²) in [6.07, 6.45) is 1.37. The number of amides is 2. The number of thiazole rings is 1. The minimum absolute atomic E-state index is 0.149. The number of hydrogen-bond acceptors (Lipinski definition) is 4. The smallest absolute Gasteiger partial charge is 0.226 e. The molecular formula is C17H20FN3O2S. The van der Waals surface area contributed by atoms with Gasteiger partial charge in [-0.25, -0.2) is 9.37 Å². The summed E-state index contributed by atoms with van der Waals surface area (Å²) in [5.74, 6) is -1.58. The predicted octanol–water partition coefficient (Wildman–Crippen LogP) is 1.85. The normalized spacial score (nSPS) is 11.9. The van der Waals surface area contributed by atoms with E-state index in [9.17, 15) is 14.0 Å². The van der Waals surface area contributed by atoms with Crippen LogP contribution in [0.1, 0.15) is 23.2 Å². The van der Waals surface area contributed by atoms with Gasteiger partial charge in [0, 0.05) is 11.9 Å². The molecule has 0 saturated heterocycles. The molecule has 2 aromatic rings. The summed E-state index contributed by atoms with van der Waals surface area (Å²) in [7, 11) is 0. The molecule has 2 rings (SSSR count). The summed E-state index contributed by atoms with van der Waals surface area (Å²) >= 11 is 1.53. The quantitative estimate of drug-likeness (QED) is 0.763. The summed E-state index contributed by atoms with van der Waals surface area (Å²) in [6, 6.07) is 5.88. The highest BCUT2D eigenvalue weighted by Crippen LogP contribution is 2.12. The minimum Gasteiger partial charge on any atom is -0.369 e. The number of rotatable bonds is 8. The van der Waals surface area contributed by atoms with Crippen LogP contribution in [0.25, 0.3) is 0 Å². The summed E-state index contributed by atoms with van der Waals surface area (Å²) in [4.78, 5) is 27.9. The molecule has 0 fully saturated rings. The number of primary amides is 1. The van der Waals surface area contributed by atoms with E-state index in [-0.39, 0.29) is 24.7 Å². The Bertz CT molecular complexity index is 700. The van der Waals surface area contributed by atoms with Crippen LogP contribution in [0.2, 0.25) is 0 Å². The van der Waals surface area contributed by atoms with Crippen LogP contribution in [0.4, 0.5) is 4.39 Å². The number of nitrogens with one attached hydrogen (secondary N) is 1. The third-order valence-electron chi connectivity index (χ3n) is 3.59. The van der Waals surface area contributed by atoms with Crippen molar-refractivity contribution in [3.05, 3.63) is 51.7 Å². The molecule has 0 saturated carbocycles. The van der Waals surface area contributed by atoms with Gasteiger partial charge in [0.2, 0.25) is 11.8 Å². The van der Waals surface area contributed by atoms with Gasteiger partial charge >= 0.3 is 0 Å². The molecule has 5 nitrogen and oxygen atoms in total. The zero-order valence-corrected chi connectivity index (χ0v) is 14.2. The van der Waals surface area contributed by atoms with Crippen LogP contribution in [0, 0.1) is 11.7 Å². The second kappa shape index (κ2) is 8.54. The number of nitrogens with zero attached hydrogens (tertiary/aromatic N) is 1. The van der Waals surface area contributed by atoms with E-state index in [4.69, 9.17) is 5.73 Å². The van der Waals surface area contributed by atoms with Crippen LogP contribution in [0.15, 0.2) is 29.6 Å². The third kappa shape index (κ3) is 5.42. The van der Waals surface area contributed by atoms with Crippen molar-refractivity contribution in [3.8, 4) is 0 Å². The van der Waals surface area contributed by atoms with E-state index in [1.807, 2.05) is 12.3 Å². The van der Waals surface area contributed by atoms with Gasteiger partial charge in [0.1, 0.15) is 5.82 Å². The largest absolute Gasteiger partial charge is 0.369 e. The number of aryl methyl sites for hydroxylation is 1. The average Bonchev–Trinajstić information content (AvgIpc) is 3.00. The third-order valence-corrected chi connectivity index (χ3v) is 4.63. The number of carbonyl (C=O) groups excluding carboxylic acids is 2. The maximum absolute atomic E-state index is 12.9. The first kappa shape index (κ1) is 18.1. The molecule has 0 aliphatic carbocycles. The SMILES string of the molecule is CCc1nc(CC(=O)NC[C@H](Cc2ccc(F)cc2)C(N)=O)cs1. The van der Waals surface area contributed by atoms with Crippen molar-refractivity contribution in [3.63, 3.8) is 0 Å². The van der Waals surface area contributed by atoms with Crippen LogP contribution >= 0.6 is 11.3 Å². The van der Waals surface area contributed by atoms with Crippen molar-refractivity contribution in [2.24, 2.45) is 11.7 Å². The highest BCUT2D eigenvalue weighted by molar-refractivity contribution is 7.09. The van der Waals surface area contributed by atoms with Gasteiger partial charge in [-0.3, -0.25) is 9.59 Å². The molecule has 0 spiro atoms. The molecule has 24 heavy (non-hydrogen) atoms. The molecule has 0 aliphatic rings. The van der Waals surface area contributed by atoms with Gasteiger partial charge in [0.25, 0.3) is 0 Å². The van der Waals surface area contributed by atoms with E-state index >= 15 is 0 Å². The van der Waals surface area contributed by atoms with Gasteiger partial charge in [-0.1, -0.05) is 19.1 Å². The Balaban J connectivity index is 1.87. The lowest BCUT2D eigenvalue weighted by atomic mass is 9.98. The van der Waals surface area contributed by atoms with E-state index in [1.165, 1.54) is 23.5 Å². The van der Waals surface area contributed by atoms with Gasteiger partial charge < -0.3 is 11.1 Å². The molecular weight excluding hydrogens is 329 g/mol. The lowest BCUT2D eigenvalue weighted by molar-refractivity contribution is -0.123. The molecule has 1 heterocycles. The fourth-order valence-electron chi connectivity index (χ4n) is 2.23. The molecule has 0 aliphatic heterocycles. The van der Waals surface area contributed by atoms with Gasteiger partial charge in [-0.15, -0.1) is 11.3 Å². The lowest BCUT2D eigenvalue weighted by Crippen LogP contribution is -2.37. The van der Waals surface area contributed by atoms with E-state index in [2.05, 4.69) is 10.3 Å². The van der Waals surface area contributed by atoms with Crippen molar-refractivity contribution in [1.82, 2.24) is 10.3 Å². The molecule has 0 unspecified atom stereocenters. The molecule has 0 radical (unpaired) electrons. The maximum atomic E-state index is 12.9. The summed E-state index contributed by atoms with van der Waals surface area (Å²) in [5, 5.41) is 5.58. The second-order valence-electron chi connectivity index (χ2n) is 5.50. The first-order valence-electron chi connectivity index (χ1n) is 7.71.